The molecule has 2 aromatic carbocycles. The second kappa shape index (κ2) is 6.15. The Hall–Kier alpha value is -2.40. The molecule has 114 valence electrons. The van der Waals surface area contributed by atoms with Gasteiger partial charge in [-0.3, -0.25) is 0 Å². The molecule has 5 heteroatoms. The lowest BCUT2D eigenvalue weighted by Crippen LogP contribution is -2.24. The fourth-order valence-corrected chi connectivity index (χ4v) is 2.77. The van der Waals surface area contributed by atoms with Gasteiger partial charge in [0.25, 0.3) is 0 Å². The summed E-state index contributed by atoms with van der Waals surface area (Å²) in [5.74, 6) is -0.260. The van der Waals surface area contributed by atoms with Gasteiger partial charge < -0.3 is 15.2 Å². The molecule has 22 heavy (non-hydrogen) atoms. The van der Waals surface area contributed by atoms with E-state index in [9.17, 15) is 9.18 Å². The van der Waals surface area contributed by atoms with Crippen LogP contribution in [-0.4, -0.2) is 19.3 Å². The number of fused-ring (bicyclic) bond motifs is 1. The predicted octanol–water partition coefficient (Wildman–Crippen LogP) is 3.20. The van der Waals surface area contributed by atoms with Crippen molar-refractivity contribution in [2.24, 2.45) is 5.73 Å². The number of carbonyl (C=O) groups excluding carboxylic acids is 1. The fourth-order valence-electron chi connectivity index (χ4n) is 2.77. The van der Waals surface area contributed by atoms with E-state index in [1.165, 1.54) is 12.1 Å². The molecule has 1 unspecified atom stereocenters. The number of hydrogen-bond donors (Lipinski definition) is 1. The average Bonchev–Trinajstić information content (AvgIpc) is 2.53. The maximum absolute atomic E-state index is 13.1. The van der Waals surface area contributed by atoms with Gasteiger partial charge in [0.05, 0.1) is 6.61 Å². The summed E-state index contributed by atoms with van der Waals surface area (Å²) in [6.45, 7) is 0.632. The van der Waals surface area contributed by atoms with Crippen LogP contribution < -0.4 is 5.73 Å². The van der Waals surface area contributed by atoms with Gasteiger partial charge in [0.1, 0.15) is 18.5 Å². The van der Waals surface area contributed by atoms with Crippen LogP contribution in [-0.2, 0) is 15.9 Å². The number of halogens is 1. The van der Waals surface area contributed by atoms with E-state index in [0.717, 1.165) is 28.7 Å². The van der Waals surface area contributed by atoms with Crippen molar-refractivity contribution in [2.45, 2.75) is 12.5 Å². The molecule has 1 heterocycles. The highest BCUT2D eigenvalue weighted by Gasteiger charge is 2.24. The fraction of sp³-hybridized carbons (Fsp3) is 0.235. The van der Waals surface area contributed by atoms with Gasteiger partial charge in [0, 0.05) is 0 Å². The molecule has 0 saturated carbocycles. The lowest BCUT2D eigenvalue weighted by molar-refractivity contribution is -0.00208. The Balaban J connectivity index is 1.96. The van der Waals surface area contributed by atoms with Gasteiger partial charge in [-0.05, 0) is 40.8 Å². The molecule has 0 aromatic heterocycles. The van der Waals surface area contributed by atoms with Crippen LogP contribution in [0.2, 0.25) is 0 Å². The van der Waals surface area contributed by atoms with Crippen molar-refractivity contribution in [3.05, 3.63) is 59.4 Å². The van der Waals surface area contributed by atoms with Crippen LogP contribution in [0, 0.1) is 5.82 Å². The summed E-state index contributed by atoms with van der Waals surface area (Å²) >= 11 is 0. The van der Waals surface area contributed by atoms with Gasteiger partial charge in [0.15, 0.2) is 0 Å². The van der Waals surface area contributed by atoms with E-state index in [2.05, 4.69) is 0 Å². The standard InChI is InChI=1S/C17H16FNO3/c18-12-6-4-11(5-7-12)13-2-1-3-15-14(13)8-9-21-16(15)10-22-17(19)20/h1-7,16H,8-10H2,(H2,19,20). The summed E-state index contributed by atoms with van der Waals surface area (Å²) in [5.41, 5.74) is 9.13. The first-order chi connectivity index (χ1) is 10.6. The Labute approximate surface area is 127 Å². The third-order valence-corrected chi connectivity index (χ3v) is 3.76. The van der Waals surface area contributed by atoms with Gasteiger partial charge in [-0.25, -0.2) is 9.18 Å². The second-order valence-corrected chi connectivity index (χ2v) is 5.12. The highest BCUT2D eigenvalue weighted by Crippen LogP contribution is 2.34. The molecule has 1 aliphatic rings. The minimum Gasteiger partial charge on any atom is -0.447 e. The van der Waals surface area contributed by atoms with Gasteiger partial charge in [0.2, 0.25) is 0 Å². The zero-order valence-electron chi connectivity index (χ0n) is 11.9. The number of ether oxygens (including phenoxy) is 2. The Bertz CT molecular complexity index is 685. The van der Waals surface area contributed by atoms with Gasteiger partial charge >= 0.3 is 6.09 Å². The monoisotopic (exact) mass is 301 g/mol. The number of carbonyl (C=O) groups is 1. The third-order valence-electron chi connectivity index (χ3n) is 3.76. The van der Waals surface area contributed by atoms with Crippen LogP contribution >= 0.6 is 0 Å². The summed E-state index contributed by atoms with van der Waals surface area (Å²) in [7, 11) is 0. The van der Waals surface area contributed by atoms with Crippen molar-refractivity contribution < 1.29 is 18.7 Å². The molecular weight excluding hydrogens is 285 g/mol. The van der Waals surface area contributed by atoms with E-state index >= 15 is 0 Å². The van der Waals surface area contributed by atoms with Crippen LogP contribution in [0.3, 0.4) is 0 Å². The molecule has 0 bridgehead atoms. The molecule has 0 radical (unpaired) electrons. The van der Waals surface area contributed by atoms with E-state index < -0.39 is 6.09 Å². The molecule has 3 rings (SSSR count). The van der Waals surface area contributed by atoms with E-state index in [1.807, 2.05) is 18.2 Å². The molecule has 0 aliphatic carbocycles. The second-order valence-electron chi connectivity index (χ2n) is 5.12. The Morgan fingerprint density at radius 2 is 2.05 bits per heavy atom. The van der Waals surface area contributed by atoms with Gasteiger partial charge in [-0.2, -0.15) is 0 Å². The van der Waals surface area contributed by atoms with Crippen LogP contribution in [0.5, 0.6) is 0 Å². The topological polar surface area (TPSA) is 61.6 Å². The lowest BCUT2D eigenvalue weighted by Gasteiger charge is -2.27. The van der Waals surface area contributed by atoms with Crippen LogP contribution in [0.1, 0.15) is 17.2 Å². The summed E-state index contributed by atoms with van der Waals surface area (Å²) in [5, 5.41) is 0. The molecule has 2 N–H and O–H groups in total. The average molecular weight is 301 g/mol. The van der Waals surface area contributed by atoms with Crippen molar-refractivity contribution in [2.75, 3.05) is 13.2 Å². The zero-order valence-corrected chi connectivity index (χ0v) is 11.9. The van der Waals surface area contributed by atoms with E-state index in [4.69, 9.17) is 15.2 Å². The highest BCUT2D eigenvalue weighted by atomic mass is 19.1. The van der Waals surface area contributed by atoms with Crippen LogP contribution in [0.15, 0.2) is 42.5 Å². The third kappa shape index (κ3) is 2.94. The quantitative estimate of drug-likeness (QED) is 0.947. The first-order valence-electron chi connectivity index (χ1n) is 7.06. The molecule has 0 fully saturated rings. The number of benzene rings is 2. The normalized spacial score (nSPS) is 16.9. The molecule has 0 spiro atoms. The maximum atomic E-state index is 13.1. The Morgan fingerprint density at radius 1 is 1.27 bits per heavy atom. The largest absolute Gasteiger partial charge is 0.447 e. The summed E-state index contributed by atoms with van der Waals surface area (Å²) < 4.78 is 23.6. The molecule has 1 aliphatic heterocycles. The molecule has 2 aromatic rings. The Kier molecular flexibility index (Phi) is 4.06. The smallest absolute Gasteiger partial charge is 0.404 e. The SMILES string of the molecule is NC(=O)OCC1OCCc2c(-c3ccc(F)cc3)cccc21. The number of nitrogens with two attached hydrogens (primary N) is 1. The van der Waals surface area contributed by atoms with Crippen molar-refractivity contribution in [3.8, 4) is 11.1 Å². The first-order valence-corrected chi connectivity index (χ1v) is 7.06. The molecule has 1 amide bonds. The molecule has 0 saturated heterocycles. The van der Waals surface area contributed by atoms with Crippen molar-refractivity contribution in [1.82, 2.24) is 0 Å². The Morgan fingerprint density at radius 3 is 2.77 bits per heavy atom. The van der Waals surface area contributed by atoms with E-state index in [-0.39, 0.29) is 18.5 Å². The van der Waals surface area contributed by atoms with Crippen LogP contribution in [0.25, 0.3) is 11.1 Å². The first kappa shape index (κ1) is 14.5. The van der Waals surface area contributed by atoms with E-state index in [0.29, 0.717) is 6.61 Å². The number of amides is 1. The highest BCUT2D eigenvalue weighted by molar-refractivity contribution is 5.69. The minimum absolute atomic E-state index is 0.0925. The summed E-state index contributed by atoms with van der Waals surface area (Å²) in [4.78, 5) is 10.8. The van der Waals surface area contributed by atoms with Crippen molar-refractivity contribution >= 4 is 6.09 Å². The van der Waals surface area contributed by atoms with E-state index in [1.54, 1.807) is 12.1 Å². The van der Waals surface area contributed by atoms with Crippen molar-refractivity contribution in [3.63, 3.8) is 0 Å². The lowest BCUT2D eigenvalue weighted by atomic mass is 9.90. The maximum Gasteiger partial charge on any atom is 0.404 e. The van der Waals surface area contributed by atoms with Gasteiger partial charge in [-0.15, -0.1) is 0 Å². The summed E-state index contributed by atoms with van der Waals surface area (Å²) in [6, 6.07) is 12.3. The summed E-state index contributed by atoms with van der Waals surface area (Å²) in [6.07, 6.45) is -0.377. The van der Waals surface area contributed by atoms with Gasteiger partial charge in [-0.1, -0.05) is 30.3 Å². The minimum atomic E-state index is -0.814. The number of rotatable bonds is 3. The number of primary amides is 1. The predicted molar refractivity (Wildman–Crippen MR) is 79.8 cm³/mol. The molecular formula is C17H16FNO3. The van der Waals surface area contributed by atoms with Crippen LogP contribution in [0.4, 0.5) is 9.18 Å². The zero-order chi connectivity index (χ0) is 15.5. The number of hydrogen-bond acceptors (Lipinski definition) is 3. The molecule has 4 nitrogen and oxygen atoms in total. The molecule has 1 atom stereocenters. The van der Waals surface area contributed by atoms with Crippen molar-refractivity contribution in [1.29, 1.82) is 0 Å².